The van der Waals surface area contributed by atoms with Crippen molar-refractivity contribution in [3.63, 3.8) is 0 Å². The Labute approximate surface area is 152 Å². The summed E-state index contributed by atoms with van der Waals surface area (Å²) in [6.45, 7) is 7.12. The molecule has 2 heterocycles. The summed E-state index contributed by atoms with van der Waals surface area (Å²) in [6.07, 6.45) is 12.2. The summed E-state index contributed by atoms with van der Waals surface area (Å²) in [4.78, 5) is 10.7. The minimum absolute atomic E-state index is 0.0128. The Morgan fingerprint density at radius 2 is 1.76 bits per heavy atom. The van der Waals surface area contributed by atoms with E-state index in [9.17, 15) is 4.79 Å². The highest BCUT2D eigenvalue weighted by molar-refractivity contribution is 5.49. The number of allylic oxidation sites excluding steroid dienone is 1. The molecule has 0 radical (unpaired) electrons. The van der Waals surface area contributed by atoms with Crippen LogP contribution in [0.15, 0.2) is 12.2 Å². The van der Waals surface area contributed by atoms with Crippen molar-refractivity contribution >= 4 is 6.29 Å². The van der Waals surface area contributed by atoms with Crippen molar-refractivity contribution in [1.82, 2.24) is 0 Å². The van der Waals surface area contributed by atoms with Gasteiger partial charge in [0.05, 0.1) is 19.8 Å². The molecule has 0 aliphatic carbocycles. The summed E-state index contributed by atoms with van der Waals surface area (Å²) in [5, 5.41) is 0. The monoisotopic (exact) mass is 354 g/mol. The fraction of sp³-hybridized carbons (Fsp3) is 0.850. The predicted octanol–water partition coefficient (Wildman–Crippen LogP) is 4.00. The average Bonchev–Trinajstić information content (AvgIpc) is 2.62. The van der Waals surface area contributed by atoms with Gasteiger partial charge in [-0.1, -0.05) is 26.0 Å². The standard InChI is InChI=1S/C20H34O5/c1-19(2)16-24-20(25-17-19,12-9-13-21)11-6-3-4-7-14-22-18-10-5-8-15-23-18/h3-4,13,18H,5-12,14-17H2,1-2H3/b4-3+. The van der Waals surface area contributed by atoms with E-state index in [1.165, 1.54) is 6.42 Å². The summed E-state index contributed by atoms with van der Waals surface area (Å²) in [7, 11) is 0. The summed E-state index contributed by atoms with van der Waals surface area (Å²) >= 11 is 0. The van der Waals surface area contributed by atoms with Crippen LogP contribution in [0.4, 0.5) is 0 Å². The number of carbonyl (C=O) groups excluding carboxylic acids is 1. The Morgan fingerprint density at radius 1 is 1.04 bits per heavy atom. The van der Waals surface area contributed by atoms with Gasteiger partial charge in [-0.2, -0.15) is 0 Å². The average molecular weight is 354 g/mol. The van der Waals surface area contributed by atoms with E-state index >= 15 is 0 Å². The molecule has 1 atom stereocenters. The molecule has 5 nitrogen and oxygen atoms in total. The van der Waals surface area contributed by atoms with E-state index < -0.39 is 5.79 Å². The SMILES string of the molecule is CC1(C)COC(CCC=O)(CC/C=C/CCOC2CCCCO2)OC1. The van der Waals surface area contributed by atoms with Crippen LogP contribution in [0.1, 0.15) is 65.2 Å². The summed E-state index contributed by atoms with van der Waals surface area (Å²) in [5.41, 5.74) is 0.0407. The third kappa shape index (κ3) is 7.57. The van der Waals surface area contributed by atoms with Gasteiger partial charge in [-0.15, -0.1) is 0 Å². The van der Waals surface area contributed by atoms with E-state index in [0.717, 1.165) is 45.0 Å². The van der Waals surface area contributed by atoms with Gasteiger partial charge in [-0.25, -0.2) is 0 Å². The van der Waals surface area contributed by atoms with Gasteiger partial charge in [-0.05, 0) is 32.1 Å². The van der Waals surface area contributed by atoms with E-state index in [1.807, 2.05) is 0 Å². The molecule has 0 amide bonds. The van der Waals surface area contributed by atoms with Gasteiger partial charge in [0, 0.05) is 31.3 Å². The lowest BCUT2D eigenvalue weighted by Gasteiger charge is -2.43. The number of hydrogen-bond donors (Lipinski definition) is 0. The van der Waals surface area contributed by atoms with E-state index in [0.29, 0.717) is 32.7 Å². The fourth-order valence-corrected chi connectivity index (χ4v) is 3.08. The molecule has 0 aromatic carbocycles. The van der Waals surface area contributed by atoms with E-state index in [1.54, 1.807) is 0 Å². The van der Waals surface area contributed by atoms with Crippen LogP contribution in [0.25, 0.3) is 0 Å². The summed E-state index contributed by atoms with van der Waals surface area (Å²) in [6, 6.07) is 0. The van der Waals surface area contributed by atoms with Gasteiger partial charge in [-0.3, -0.25) is 0 Å². The molecule has 0 N–H and O–H groups in total. The van der Waals surface area contributed by atoms with Crippen LogP contribution in [0.5, 0.6) is 0 Å². The normalized spacial score (nSPS) is 25.9. The molecule has 2 aliphatic heterocycles. The fourth-order valence-electron chi connectivity index (χ4n) is 3.08. The highest BCUT2D eigenvalue weighted by atomic mass is 16.7. The first-order valence-electron chi connectivity index (χ1n) is 9.65. The first-order valence-corrected chi connectivity index (χ1v) is 9.65. The lowest BCUT2D eigenvalue weighted by atomic mass is 9.93. The maximum Gasteiger partial charge on any atom is 0.169 e. The summed E-state index contributed by atoms with van der Waals surface area (Å²) in [5.74, 6) is -0.604. The van der Waals surface area contributed by atoms with Gasteiger partial charge in [0.2, 0.25) is 0 Å². The van der Waals surface area contributed by atoms with Crippen molar-refractivity contribution in [3.05, 3.63) is 12.2 Å². The zero-order valence-electron chi connectivity index (χ0n) is 15.8. The van der Waals surface area contributed by atoms with Crippen LogP contribution in [0, 0.1) is 5.41 Å². The highest BCUT2D eigenvalue weighted by Crippen LogP contribution is 2.35. The lowest BCUT2D eigenvalue weighted by molar-refractivity contribution is -0.303. The minimum Gasteiger partial charge on any atom is -0.353 e. The molecule has 2 aliphatic rings. The molecule has 0 aromatic rings. The second kappa shape index (κ2) is 10.4. The molecular formula is C20H34O5. The Balaban J connectivity index is 1.65. The number of carbonyl (C=O) groups is 1. The van der Waals surface area contributed by atoms with Gasteiger partial charge in [0.1, 0.15) is 6.29 Å². The van der Waals surface area contributed by atoms with Gasteiger partial charge < -0.3 is 23.7 Å². The number of hydrogen-bond acceptors (Lipinski definition) is 5. The molecule has 5 heteroatoms. The minimum atomic E-state index is -0.604. The van der Waals surface area contributed by atoms with Crippen LogP contribution in [-0.2, 0) is 23.7 Å². The Morgan fingerprint density at radius 3 is 2.44 bits per heavy atom. The quantitative estimate of drug-likeness (QED) is 0.337. The second-order valence-electron chi connectivity index (χ2n) is 7.82. The molecule has 0 spiro atoms. The zero-order valence-corrected chi connectivity index (χ0v) is 15.8. The van der Waals surface area contributed by atoms with Crippen molar-refractivity contribution in [2.75, 3.05) is 26.4 Å². The molecule has 144 valence electrons. The van der Waals surface area contributed by atoms with E-state index in [2.05, 4.69) is 26.0 Å². The number of rotatable bonds is 10. The van der Waals surface area contributed by atoms with Crippen molar-refractivity contribution in [2.24, 2.45) is 5.41 Å². The van der Waals surface area contributed by atoms with Crippen molar-refractivity contribution < 1.29 is 23.7 Å². The van der Waals surface area contributed by atoms with Crippen LogP contribution in [0.2, 0.25) is 0 Å². The van der Waals surface area contributed by atoms with Gasteiger partial charge in [0.25, 0.3) is 0 Å². The molecular weight excluding hydrogens is 320 g/mol. The number of ether oxygens (including phenoxy) is 4. The smallest absolute Gasteiger partial charge is 0.169 e. The second-order valence-corrected chi connectivity index (χ2v) is 7.82. The molecule has 2 saturated heterocycles. The Kier molecular flexibility index (Phi) is 8.56. The topological polar surface area (TPSA) is 54.0 Å². The van der Waals surface area contributed by atoms with Crippen molar-refractivity contribution in [2.45, 2.75) is 77.3 Å². The third-order valence-electron chi connectivity index (χ3n) is 4.68. The van der Waals surface area contributed by atoms with Crippen LogP contribution < -0.4 is 0 Å². The van der Waals surface area contributed by atoms with E-state index in [4.69, 9.17) is 18.9 Å². The summed E-state index contributed by atoms with van der Waals surface area (Å²) < 4.78 is 23.3. The zero-order chi connectivity index (χ0) is 18.0. The lowest BCUT2D eigenvalue weighted by Crippen LogP contribution is -2.47. The van der Waals surface area contributed by atoms with Gasteiger partial charge >= 0.3 is 0 Å². The molecule has 2 rings (SSSR count). The maximum absolute atomic E-state index is 10.7. The van der Waals surface area contributed by atoms with E-state index in [-0.39, 0.29) is 11.7 Å². The Bertz CT molecular complexity index is 402. The third-order valence-corrected chi connectivity index (χ3v) is 4.68. The maximum atomic E-state index is 10.7. The molecule has 0 bridgehead atoms. The first kappa shape index (κ1) is 20.6. The van der Waals surface area contributed by atoms with Crippen molar-refractivity contribution in [1.29, 1.82) is 0 Å². The molecule has 2 fully saturated rings. The van der Waals surface area contributed by atoms with Crippen LogP contribution in [-0.4, -0.2) is 44.8 Å². The largest absolute Gasteiger partial charge is 0.353 e. The molecule has 0 aromatic heterocycles. The first-order chi connectivity index (χ1) is 12.1. The predicted molar refractivity (Wildman–Crippen MR) is 96.2 cm³/mol. The molecule has 25 heavy (non-hydrogen) atoms. The molecule has 1 unspecified atom stereocenters. The molecule has 0 saturated carbocycles. The number of aldehydes is 1. The Hall–Kier alpha value is -0.750. The van der Waals surface area contributed by atoms with Crippen molar-refractivity contribution in [3.8, 4) is 0 Å². The van der Waals surface area contributed by atoms with Crippen LogP contribution in [0.3, 0.4) is 0 Å². The van der Waals surface area contributed by atoms with Gasteiger partial charge in [0.15, 0.2) is 12.1 Å². The van der Waals surface area contributed by atoms with Crippen LogP contribution >= 0.6 is 0 Å². The highest BCUT2D eigenvalue weighted by Gasteiger charge is 2.39.